The average molecular weight is 407 g/mol. The summed E-state index contributed by atoms with van der Waals surface area (Å²) in [6, 6.07) is -0.133. The lowest BCUT2D eigenvalue weighted by atomic mass is 9.53. The van der Waals surface area contributed by atoms with Crippen LogP contribution in [-0.2, 0) is 9.53 Å². The second-order valence-electron chi connectivity index (χ2n) is 9.40. The third-order valence-electron chi connectivity index (χ3n) is 7.20. The monoisotopic (exact) mass is 406 g/mol. The summed E-state index contributed by atoms with van der Waals surface area (Å²) in [5, 5.41) is 6.16. The number of carbonyl (C=O) groups excluding carboxylic acids is 3. The van der Waals surface area contributed by atoms with E-state index in [9.17, 15) is 14.4 Å². The van der Waals surface area contributed by atoms with Gasteiger partial charge in [-0.05, 0) is 63.2 Å². The molecule has 0 aromatic heterocycles. The number of carbonyl (C=O) groups is 3. The molecule has 4 aliphatic carbocycles. The van der Waals surface area contributed by atoms with E-state index in [2.05, 4.69) is 10.6 Å². The van der Waals surface area contributed by atoms with Gasteiger partial charge in [-0.3, -0.25) is 4.79 Å². The summed E-state index contributed by atoms with van der Waals surface area (Å²) in [4.78, 5) is 40.0. The van der Waals surface area contributed by atoms with Gasteiger partial charge in [0.1, 0.15) is 0 Å². The molecule has 1 saturated heterocycles. The van der Waals surface area contributed by atoms with Gasteiger partial charge in [0, 0.05) is 44.7 Å². The first-order valence-electron chi connectivity index (χ1n) is 11.2. The highest BCUT2D eigenvalue weighted by molar-refractivity contribution is 5.79. The maximum absolute atomic E-state index is 12.5. The van der Waals surface area contributed by atoms with Crippen LogP contribution in [0.25, 0.3) is 0 Å². The normalized spacial score (nSPS) is 32.8. The summed E-state index contributed by atoms with van der Waals surface area (Å²) in [5.74, 6) is 2.38. The number of hydrogen-bond donors (Lipinski definition) is 2. The van der Waals surface area contributed by atoms with E-state index in [1.807, 2.05) is 0 Å². The van der Waals surface area contributed by atoms with Gasteiger partial charge in [-0.1, -0.05) is 0 Å². The average Bonchev–Trinajstić information content (AvgIpc) is 2.66. The molecule has 5 rings (SSSR count). The number of hydrogen-bond acceptors (Lipinski definition) is 4. The molecule has 5 fully saturated rings. The van der Waals surface area contributed by atoms with Crippen LogP contribution in [-0.4, -0.2) is 72.7 Å². The van der Waals surface area contributed by atoms with Crippen LogP contribution in [0, 0.1) is 17.8 Å². The Kier molecular flexibility index (Phi) is 5.88. The van der Waals surface area contributed by atoms with Crippen molar-refractivity contribution in [3.8, 4) is 0 Å². The molecule has 8 nitrogen and oxygen atoms in total. The molecule has 8 heteroatoms. The van der Waals surface area contributed by atoms with E-state index in [1.165, 1.54) is 19.3 Å². The van der Waals surface area contributed by atoms with Gasteiger partial charge < -0.3 is 25.2 Å². The van der Waals surface area contributed by atoms with Crippen molar-refractivity contribution in [1.82, 2.24) is 20.4 Å². The van der Waals surface area contributed by atoms with Crippen molar-refractivity contribution < 1.29 is 19.1 Å². The van der Waals surface area contributed by atoms with Crippen molar-refractivity contribution in [2.45, 2.75) is 57.4 Å². The zero-order valence-corrected chi connectivity index (χ0v) is 17.5. The molecule has 1 heterocycles. The Bertz CT molecular complexity index is 609. The highest BCUT2D eigenvalue weighted by atomic mass is 16.6. The lowest BCUT2D eigenvalue weighted by Crippen LogP contribution is -2.61. The molecular weight excluding hydrogens is 372 g/mol. The maximum Gasteiger partial charge on any atom is 0.409 e. The second kappa shape index (κ2) is 8.40. The molecule has 1 aliphatic heterocycles. The van der Waals surface area contributed by atoms with Gasteiger partial charge in [-0.25, -0.2) is 9.59 Å². The Morgan fingerprint density at radius 2 is 1.48 bits per heavy atom. The molecule has 5 aliphatic rings. The van der Waals surface area contributed by atoms with Gasteiger partial charge in [-0.15, -0.1) is 0 Å². The number of piperazine rings is 1. The predicted octanol–water partition coefficient (Wildman–Crippen LogP) is 1.95. The van der Waals surface area contributed by atoms with Crippen LogP contribution in [0.4, 0.5) is 9.59 Å². The maximum atomic E-state index is 12.5. The molecule has 4 saturated carbocycles. The molecule has 0 radical (unpaired) electrons. The van der Waals surface area contributed by atoms with Gasteiger partial charge in [0.25, 0.3) is 0 Å². The Balaban J connectivity index is 1.16. The first-order valence-corrected chi connectivity index (χ1v) is 11.2. The van der Waals surface area contributed by atoms with Gasteiger partial charge in [-0.2, -0.15) is 0 Å². The van der Waals surface area contributed by atoms with Crippen LogP contribution in [0.15, 0.2) is 0 Å². The molecule has 162 valence electrons. The molecule has 0 atom stereocenters. The van der Waals surface area contributed by atoms with Gasteiger partial charge in [0.05, 0.1) is 6.61 Å². The van der Waals surface area contributed by atoms with Crippen molar-refractivity contribution in [1.29, 1.82) is 0 Å². The van der Waals surface area contributed by atoms with E-state index in [0.29, 0.717) is 39.3 Å². The van der Waals surface area contributed by atoms with Crippen LogP contribution >= 0.6 is 0 Å². The molecule has 4 bridgehead atoms. The highest BCUT2D eigenvalue weighted by Crippen LogP contribution is 2.55. The Labute approximate surface area is 172 Å². The minimum absolute atomic E-state index is 0.00767. The molecule has 0 aromatic carbocycles. The molecule has 4 amide bonds. The fourth-order valence-electron chi connectivity index (χ4n) is 6.34. The van der Waals surface area contributed by atoms with E-state index in [0.717, 1.165) is 37.0 Å². The van der Waals surface area contributed by atoms with Crippen LogP contribution in [0.1, 0.15) is 51.9 Å². The third-order valence-corrected chi connectivity index (χ3v) is 7.20. The van der Waals surface area contributed by atoms with Crippen LogP contribution in [0.2, 0.25) is 0 Å². The van der Waals surface area contributed by atoms with Gasteiger partial charge in [0.15, 0.2) is 0 Å². The van der Waals surface area contributed by atoms with E-state index in [1.54, 1.807) is 16.7 Å². The number of urea groups is 1. The number of nitrogens with one attached hydrogen (secondary N) is 2. The first-order chi connectivity index (χ1) is 14.0. The minimum atomic E-state index is -0.317. The smallest absolute Gasteiger partial charge is 0.409 e. The van der Waals surface area contributed by atoms with E-state index in [-0.39, 0.29) is 30.0 Å². The standard InChI is InChI=1S/C21H34N4O4/c1-2-29-20(28)25-7-5-24(6-8-25)18(26)3-4-22-19(27)23-21-12-15-9-16(13-21)11-17(10-15)14-21/h15-17H,2-14H2,1H3,(H2,22,23,27). The number of amides is 4. The number of nitrogens with zero attached hydrogens (tertiary/aromatic N) is 2. The molecule has 0 spiro atoms. The topological polar surface area (TPSA) is 91.0 Å². The predicted molar refractivity (Wildman–Crippen MR) is 107 cm³/mol. The largest absolute Gasteiger partial charge is 0.450 e. The Morgan fingerprint density at radius 3 is 2.03 bits per heavy atom. The first kappa shape index (κ1) is 20.3. The summed E-state index contributed by atoms with van der Waals surface area (Å²) < 4.78 is 5.00. The number of rotatable bonds is 5. The van der Waals surface area contributed by atoms with Crippen molar-refractivity contribution in [3.05, 3.63) is 0 Å². The lowest BCUT2D eigenvalue weighted by molar-refractivity contribution is -0.132. The fourth-order valence-corrected chi connectivity index (χ4v) is 6.34. The van der Waals surface area contributed by atoms with E-state index < -0.39 is 0 Å². The molecule has 2 N–H and O–H groups in total. The summed E-state index contributed by atoms with van der Waals surface area (Å²) in [7, 11) is 0. The van der Waals surface area contributed by atoms with E-state index >= 15 is 0 Å². The molecule has 0 aromatic rings. The third kappa shape index (κ3) is 4.61. The summed E-state index contributed by atoms with van der Waals surface area (Å²) in [6.45, 7) is 4.48. The zero-order chi connectivity index (χ0) is 20.4. The van der Waals surface area contributed by atoms with Gasteiger partial charge >= 0.3 is 12.1 Å². The van der Waals surface area contributed by atoms with Crippen molar-refractivity contribution >= 4 is 18.0 Å². The quantitative estimate of drug-likeness (QED) is 0.730. The van der Waals surface area contributed by atoms with Crippen molar-refractivity contribution in [3.63, 3.8) is 0 Å². The van der Waals surface area contributed by atoms with Crippen LogP contribution < -0.4 is 10.6 Å². The van der Waals surface area contributed by atoms with Crippen molar-refractivity contribution in [2.24, 2.45) is 17.8 Å². The number of ether oxygens (including phenoxy) is 1. The summed E-state index contributed by atoms with van der Waals surface area (Å²) in [6.07, 6.45) is 7.37. The minimum Gasteiger partial charge on any atom is -0.450 e. The van der Waals surface area contributed by atoms with Crippen LogP contribution in [0.5, 0.6) is 0 Å². The SMILES string of the molecule is CCOC(=O)N1CCN(C(=O)CCNC(=O)NC23CC4CC(CC(C4)C2)C3)CC1. The Hall–Kier alpha value is -1.99. The summed E-state index contributed by atoms with van der Waals surface area (Å²) >= 11 is 0. The molecular formula is C21H34N4O4. The van der Waals surface area contributed by atoms with Crippen molar-refractivity contribution in [2.75, 3.05) is 39.3 Å². The summed E-state index contributed by atoms with van der Waals surface area (Å²) in [5.41, 5.74) is -0.00767. The second-order valence-corrected chi connectivity index (χ2v) is 9.40. The van der Waals surface area contributed by atoms with E-state index in [4.69, 9.17) is 4.74 Å². The highest BCUT2D eigenvalue weighted by Gasteiger charge is 2.51. The van der Waals surface area contributed by atoms with Crippen LogP contribution in [0.3, 0.4) is 0 Å². The Morgan fingerprint density at radius 1 is 0.931 bits per heavy atom. The molecule has 0 unspecified atom stereocenters. The molecule has 29 heavy (non-hydrogen) atoms. The fraction of sp³-hybridized carbons (Fsp3) is 0.857. The van der Waals surface area contributed by atoms with Gasteiger partial charge in [0.2, 0.25) is 5.91 Å². The zero-order valence-electron chi connectivity index (χ0n) is 17.5. The lowest BCUT2D eigenvalue weighted by Gasteiger charge is -2.56.